The zero-order valence-corrected chi connectivity index (χ0v) is 6.40. The first-order valence-electron chi connectivity index (χ1n) is 3.44. The molecule has 1 aliphatic rings. The molecule has 0 fully saturated rings. The summed E-state index contributed by atoms with van der Waals surface area (Å²) in [4.78, 5) is 16.3. The van der Waals surface area contributed by atoms with Crippen molar-refractivity contribution in [2.24, 2.45) is 4.99 Å². The average molecular weight is 164 g/mol. The van der Waals surface area contributed by atoms with Gasteiger partial charge in [-0.25, -0.2) is 4.79 Å². The lowest BCUT2D eigenvalue weighted by molar-refractivity contribution is 0.221. The van der Waals surface area contributed by atoms with E-state index in [-0.39, 0.29) is 12.6 Å². The quantitative estimate of drug-likeness (QED) is 0.557. The molecule has 1 rings (SSSR count). The van der Waals surface area contributed by atoms with Gasteiger partial charge >= 0.3 is 6.03 Å². The minimum atomic E-state index is -0.279. The molecule has 12 heavy (non-hydrogen) atoms. The van der Waals surface area contributed by atoms with Crippen molar-refractivity contribution in [3.8, 4) is 6.07 Å². The first kappa shape index (κ1) is 8.27. The third-order valence-electron chi connectivity index (χ3n) is 1.30. The van der Waals surface area contributed by atoms with Crippen molar-refractivity contribution in [2.45, 2.75) is 0 Å². The molecule has 0 aliphatic carbocycles. The van der Waals surface area contributed by atoms with Gasteiger partial charge in [-0.2, -0.15) is 5.26 Å². The van der Waals surface area contributed by atoms with Gasteiger partial charge in [0.1, 0.15) is 6.54 Å². The van der Waals surface area contributed by atoms with Gasteiger partial charge in [0.05, 0.1) is 12.6 Å². The molecule has 0 bridgehead atoms. The second-order valence-corrected chi connectivity index (χ2v) is 2.10. The Labute approximate surface area is 70.0 Å². The van der Waals surface area contributed by atoms with Crippen LogP contribution < -0.4 is 5.32 Å². The Balaban J connectivity index is 2.38. The number of carbonyl (C=O) groups is 1. The molecule has 1 N–H and O–H groups in total. The monoisotopic (exact) mass is 164 g/mol. The molecular weight excluding hydrogens is 156 g/mol. The molecule has 0 radical (unpaired) electrons. The fraction of sp³-hybridized carbons (Fsp3) is 0.286. The fourth-order valence-electron chi connectivity index (χ4n) is 0.743. The number of urea groups is 1. The van der Waals surface area contributed by atoms with E-state index in [1.54, 1.807) is 12.4 Å². The number of aliphatic imine (C=N–C) groups is 1. The summed E-state index contributed by atoms with van der Waals surface area (Å²) in [6, 6.07) is 1.54. The number of nitrogens with zero attached hydrogens (tertiary/aromatic N) is 3. The van der Waals surface area contributed by atoms with Crippen LogP contribution in [0.5, 0.6) is 0 Å². The van der Waals surface area contributed by atoms with Crippen molar-refractivity contribution < 1.29 is 4.79 Å². The summed E-state index contributed by atoms with van der Waals surface area (Å²) < 4.78 is 0. The van der Waals surface area contributed by atoms with E-state index in [2.05, 4.69) is 10.3 Å². The van der Waals surface area contributed by atoms with Gasteiger partial charge in [0, 0.05) is 18.6 Å². The third kappa shape index (κ3) is 2.09. The van der Waals surface area contributed by atoms with E-state index < -0.39 is 0 Å². The minimum Gasteiger partial charge on any atom is -0.325 e. The predicted octanol–water partition coefficient (Wildman–Crippen LogP) is 0.0772. The van der Waals surface area contributed by atoms with Crippen LogP contribution in [-0.4, -0.2) is 30.2 Å². The lowest BCUT2D eigenvalue weighted by Crippen LogP contribution is -2.38. The molecule has 1 aliphatic heterocycles. The molecule has 0 aromatic carbocycles. The van der Waals surface area contributed by atoms with Gasteiger partial charge < -0.3 is 5.32 Å². The Morgan fingerprint density at radius 3 is 3.25 bits per heavy atom. The summed E-state index contributed by atoms with van der Waals surface area (Å²) in [7, 11) is 0. The number of carbonyl (C=O) groups excluding carboxylic acids is 1. The average Bonchev–Trinajstić information content (AvgIpc) is 2.15. The van der Waals surface area contributed by atoms with Gasteiger partial charge in [-0.3, -0.25) is 9.89 Å². The molecule has 0 spiro atoms. The predicted molar refractivity (Wildman–Crippen MR) is 43.3 cm³/mol. The number of hydrogen-bond donors (Lipinski definition) is 1. The molecule has 5 heteroatoms. The summed E-state index contributed by atoms with van der Waals surface area (Å²) >= 11 is 0. The second-order valence-electron chi connectivity index (χ2n) is 2.10. The van der Waals surface area contributed by atoms with Crippen molar-refractivity contribution in [1.82, 2.24) is 10.2 Å². The van der Waals surface area contributed by atoms with Crippen LogP contribution in [0.3, 0.4) is 0 Å². The smallest absolute Gasteiger partial charge is 0.322 e. The summed E-state index contributed by atoms with van der Waals surface area (Å²) in [5, 5.41) is 10.6. The zero-order valence-electron chi connectivity index (χ0n) is 6.40. The van der Waals surface area contributed by atoms with Gasteiger partial charge in [-0.1, -0.05) is 0 Å². The number of hydrogen-bond acceptors (Lipinski definition) is 3. The van der Waals surface area contributed by atoms with Crippen LogP contribution in [0.25, 0.3) is 0 Å². The van der Waals surface area contributed by atoms with E-state index >= 15 is 0 Å². The Hall–Kier alpha value is -1.83. The fourth-order valence-corrected chi connectivity index (χ4v) is 0.743. The van der Waals surface area contributed by atoms with Crippen LogP contribution in [0.15, 0.2) is 17.4 Å². The van der Waals surface area contributed by atoms with Crippen LogP contribution in [0.1, 0.15) is 0 Å². The molecule has 62 valence electrons. The van der Waals surface area contributed by atoms with Gasteiger partial charge in [-0.05, 0) is 0 Å². The highest BCUT2D eigenvalue weighted by molar-refractivity contribution is 5.79. The number of nitrogens with one attached hydrogen (secondary N) is 1. The van der Waals surface area contributed by atoms with E-state index in [0.717, 1.165) is 0 Å². The Bertz CT molecular complexity index is 263. The maximum atomic E-state index is 11.1. The molecular formula is C7H8N4O. The summed E-state index contributed by atoms with van der Waals surface area (Å²) in [6.07, 6.45) is 4.70. The van der Waals surface area contributed by atoms with Crippen molar-refractivity contribution in [3.05, 3.63) is 12.4 Å². The van der Waals surface area contributed by atoms with Crippen molar-refractivity contribution in [1.29, 1.82) is 5.26 Å². The molecule has 1 heterocycles. The summed E-state index contributed by atoms with van der Waals surface area (Å²) in [5.74, 6) is 0. The highest BCUT2D eigenvalue weighted by atomic mass is 16.2. The molecule has 0 saturated carbocycles. The van der Waals surface area contributed by atoms with Gasteiger partial charge in [-0.15, -0.1) is 0 Å². The zero-order chi connectivity index (χ0) is 8.81. The van der Waals surface area contributed by atoms with E-state index in [0.29, 0.717) is 6.54 Å². The third-order valence-corrected chi connectivity index (χ3v) is 1.30. The van der Waals surface area contributed by atoms with E-state index in [1.807, 2.05) is 6.07 Å². The highest BCUT2D eigenvalue weighted by Gasteiger charge is 2.08. The van der Waals surface area contributed by atoms with E-state index in [4.69, 9.17) is 5.26 Å². The van der Waals surface area contributed by atoms with Gasteiger partial charge in [0.2, 0.25) is 0 Å². The SMILES string of the molecule is N#CCNC(=O)N1C=CN=CC1. The summed E-state index contributed by atoms with van der Waals surface area (Å²) in [6.45, 7) is 0.480. The molecule has 0 aromatic heterocycles. The second kappa shape index (κ2) is 4.13. The standard InChI is InChI=1S/C7H8N4O/c8-1-2-10-7(12)11-5-3-9-4-6-11/h3-5H,2,6H2,(H,10,12). The molecule has 0 unspecified atom stereocenters. The van der Waals surface area contributed by atoms with Gasteiger partial charge in [0.15, 0.2) is 0 Å². The topological polar surface area (TPSA) is 68.5 Å². The van der Waals surface area contributed by atoms with Crippen LogP contribution in [0.2, 0.25) is 0 Å². The largest absolute Gasteiger partial charge is 0.325 e. The summed E-state index contributed by atoms with van der Waals surface area (Å²) in [5.41, 5.74) is 0. The first-order valence-corrected chi connectivity index (χ1v) is 3.44. The Kier molecular flexibility index (Phi) is 2.85. The molecule has 5 nitrogen and oxygen atoms in total. The van der Waals surface area contributed by atoms with E-state index in [9.17, 15) is 4.79 Å². The maximum Gasteiger partial charge on any atom is 0.322 e. The van der Waals surface area contributed by atoms with Crippen LogP contribution in [0.4, 0.5) is 4.79 Å². The first-order chi connectivity index (χ1) is 5.84. The molecule has 0 atom stereocenters. The minimum absolute atomic E-state index is 0.0281. The normalized spacial score (nSPS) is 14.1. The lowest BCUT2D eigenvalue weighted by Gasteiger charge is -2.16. The van der Waals surface area contributed by atoms with Crippen LogP contribution in [-0.2, 0) is 0 Å². The Morgan fingerprint density at radius 2 is 2.67 bits per heavy atom. The molecule has 0 saturated heterocycles. The molecule has 0 aromatic rings. The van der Waals surface area contributed by atoms with Gasteiger partial charge in [0.25, 0.3) is 0 Å². The van der Waals surface area contributed by atoms with Crippen molar-refractivity contribution in [2.75, 3.05) is 13.1 Å². The number of amides is 2. The van der Waals surface area contributed by atoms with Crippen LogP contribution in [0, 0.1) is 11.3 Å². The lowest BCUT2D eigenvalue weighted by atomic mass is 10.5. The van der Waals surface area contributed by atoms with Crippen molar-refractivity contribution in [3.63, 3.8) is 0 Å². The van der Waals surface area contributed by atoms with Crippen LogP contribution >= 0.6 is 0 Å². The Morgan fingerprint density at radius 1 is 1.83 bits per heavy atom. The number of rotatable bonds is 1. The maximum absolute atomic E-state index is 11.1. The van der Waals surface area contributed by atoms with Crippen molar-refractivity contribution >= 4 is 12.2 Å². The highest BCUT2D eigenvalue weighted by Crippen LogP contribution is 1.94. The number of nitriles is 1. The molecule has 2 amide bonds. The van der Waals surface area contributed by atoms with E-state index in [1.165, 1.54) is 11.1 Å².